The summed E-state index contributed by atoms with van der Waals surface area (Å²) >= 11 is 0. The number of benzene rings is 2. The van der Waals surface area contributed by atoms with Crippen molar-refractivity contribution in [3.05, 3.63) is 42.5 Å². The molecule has 7 nitrogen and oxygen atoms in total. The Labute approximate surface area is 134 Å². The minimum atomic E-state index is -4.41. The average Bonchev–Trinajstić information content (AvgIpc) is 2.54. The minimum absolute atomic E-state index is 0.808. The normalized spacial score (nSPS) is 11.1. The molecular formula is C15H16N2O5S. The Balaban J connectivity index is 0.000000277. The van der Waals surface area contributed by atoms with E-state index in [9.17, 15) is 13.0 Å². The summed E-state index contributed by atoms with van der Waals surface area (Å²) in [7, 11) is 0.116. The number of hydrogen-bond acceptors (Lipinski definition) is 6. The zero-order valence-corrected chi connectivity index (χ0v) is 13.7. The lowest BCUT2D eigenvalue weighted by Gasteiger charge is -2.04. The van der Waals surface area contributed by atoms with Gasteiger partial charge in [-0.3, -0.25) is 4.18 Å². The first-order valence-electron chi connectivity index (χ1n) is 6.60. The van der Waals surface area contributed by atoms with Crippen molar-refractivity contribution >= 4 is 32.5 Å². The van der Waals surface area contributed by atoms with Crippen LogP contribution in [0.1, 0.15) is 0 Å². The molecule has 0 saturated carbocycles. The molecule has 0 N–H and O–H groups in total. The molecule has 3 rings (SSSR count). The maximum Gasteiger partial charge on any atom is 0.235 e. The van der Waals surface area contributed by atoms with Crippen molar-refractivity contribution in [1.29, 1.82) is 0 Å². The number of rotatable bonds is 2. The maximum atomic E-state index is 9.22. The van der Waals surface area contributed by atoms with Gasteiger partial charge in [-0.05, 0) is 12.1 Å². The summed E-state index contributed by atoms with van der Waals surface area (Å²) in [5, 5.41) is 0. The molecule has 8 heteroatoms. The van der Waals surface area contributed by atoms with Gasteiger partial charge in [0.2, 0.25) is 21.4 Å². The molecule has 1 heterocycles. The van der Waals surface area contributed by atoms with Crippen LogP contribution in [0, 0.1) is 0 Å². The van der Waals surface area contributed by atoms with Crippen LogP contribution in [-0.2, 0) is 21.6 Å². The van der Waals surface area contributed by atoms with E-state index in [-0.39, 0.29) is 0 Å². The quantitative estimate of drug-likeness (QED) is 0.303. The van der Waals surface area contributed by atoms with Crippen LogP contribution in [0.2, 0.25) is 0 Å². The Bertz CT molecular complexity index is 941. The highest BCUT2D eigenvalue weighted by Crippen LogP contribution is 2.22. The van der Waals surface area contributed by atoms with E-state index in [1.165, 1.54) is 0 Å². The largest absolute Gasteiger partial charge is 0.726 e. The second kappa shape index (κ2) is 6.86. The molecule has 0 radical (unpaired) electrons. The lowest BCUT2D eigenvalue weighted by molar-refractivity contribution is -0.617. The predicted molar refractivity (Wildman–Crippen MR) is 83.7 cm³/mol. The first-order chi connectivity index (χ1) is 10.9. The van der Waals surface area contributed by atoms with Gasteiger partial charge in [-0.25, -0.2) is 13.4 Å². The van der Waals surface area contributed by atoms with Crippen molar-refractivity contribution in [3.63, 3.8) is 0 Å². The molecule has 0 aliphatic heterocycles. The van der Waals surface area contributed by atoms with E-state index >= 15 is 0 Å². The average molecular weight is 336 g/mol. The van der Waals surface area contributed by atoms with Crippen LogP contribution in [0.25, 0.3) is 22.1 Å². The fourth-order valence-electron chi connectivity index (χ4n) is 2.15. The van der Waals surface area contributed by atoms with Crippen molar-refractivity contribution in [1.82, 2.24) is 4.98 Å². The van der Waals surface area contributed by atoms with Crippen molar-refractivity contribution in [2.75, 3.05) is 14.2 Å². The van der Waals surface area contributed by atoms with E-state index in [1.54, 1.807) is 7.11 Å². The molecule has 0 spiro atoms. The molecule has 0 aliphatic carbocycles. The molecule has 23 heavy (non-hydrogen) atoms. The first kappa shape index (κ1) is 17.1. The number of methoxy groups -OCH3 is 1. The molecule has 0 aliphatic rings. The minimum Gasteiger partial charge on any atom is -0.726 e. The number of para-hydroxylation sites is 3. The Morgan fingerprint density at radius 1 is 1.04 bits per heavy atom. The van der Waals surface area contributed by atoms with Gasteiger partial charge in [-0.1, -0.05) is 18.2 Å². The van der Waals surface area contributed by atoms with E-state index in [4.69, 9.17) is 4.74 Å². The molecule has 0 fully saturated rings. The van der Waals surface area contributed by atoms with E-state index in [2.05, 4.69) is 25.9 Å². The van der Waals surface area contributed by atoms with Gasteiger partial charge in [-0.2, -0.15) is 4.57 Å². The van der Waals surface area contributed by atoms with E-state index in [0.29, 0.717) is 0 Å². The van der Waals surface area contributed by atoms with Crippen molar-refractivity contribution < 1.29 is 26.5 Å². The fourth-order valence-corrected chi connectivity index (χ4v) is 2.15. The zero-order valence-electron chi connectivity index (χ0n) is 12.9. The van der Waals surface area contributed by atoms with Crippen LogP contribution in [0.15, 0.2) is 42.5 Å². The lowest BCUT2D eigenvalue weighted by Crippen LogP contribution is -2.30. The molecular weight excluding hydrogens is 320 g/mol. The Morgan fingerprint density at radius 3 is 2.26 bits per heavy atom. The monoisotopic (exact) mass is 336 g/mol. The second-order valence-electron chi connectivity index (χ2n) is 4.56. The highest BCUT2D eigenvalue weighted by atomic mass is 32.3. The van der Waals surface area contributed by atoms with Crippen LogP contribution < -0.4 is 9.30 Å². The Morgan fingerprint density at radius 2 is 1.65 bits per heavy atom. The van der Waals surface area contributed by atoms with Gasteiger partial charge in [-0.15, -0.1) is 0 Å². The summed E-state index contributed by atoms with van der Waals surface area (Å²) in [4.78, 5) is 4.66. The third kappa shape index (κ3) is 3.92. The fraction of sp³-hybridized carbons (Fsp3) is 0.200. The number of hydrogen-bond donors (Lipinski definition) is 0. The number of nitrogens with zero attached hydrogens (tertiary/aromatic N) is 2. The van der Waals surface area contributed by atoms with Crippen LogP contribution in [0.3, 0.4) is 0 Å². The van der Waals surface area contributed by atoms with E-state index < -0.39 is 10.4 Å². The third-order valence-electron chi connectivity index (χ3n) is 3.24. The summed E-state index contributed by atoms with van der Waals surface area (Å²) in [6, 6.07) is 14.1. The first-order valence-corrected chi connectivity index (χ1v) is 7.93. The van der Waals surface area contributed by atoms with Gasteiger partial charge in [0.15, 0.2) is 11.3 Å². The summed E-state index contributed by atoms with van der Waals surface area (Å²) in [6.07, 6.45) is 0. The number of aryl methyl sites for hydroxylation is 1. The van der Waals surface area contributed by atoms with Crippen LogP contribution in [0.4, 0.5) is 0 Å². The second-order valence-corrected chi connectivity index (χ2v) is 5.71. The highest BCUT2D eigenvalue weighted by Gasteiger charge is 2.15. The topological polar surface area (TPSA) is 92.4 Å². The third-order valence-corrected chi connectivity index (χ3v) is 3.65. The molecule has 0 amide bonds. The predicted octanol–water partition coefficient (Wildman–Crippen LogP) is 1.31. The van der Waals surface area contributed by atoms with E-state index in [1.807, 2.05) is 37.4 Å². The van der Waals surface area contributed by atoms with Gasteiger partial charge in [0, 0.05) is 12.1 Å². The molecule has 122 valence electrons. The summed E-state index contributed by atoms with van der Waals surface area (Å²) in [5.41, 5.74) is 4.07. The molecule has 0 bridgehead atoms. The smallest absolute Gasteiger partial charge is 0.235 e. The molecule has 1 aromatic heterocycles. The van der Waals surface area contributed by atoms with Crippen molar-refractivity contribution in [2.45, 2.75) is 0 Å². The summed E-state index contributed by atoms with van der Waals surface area (Å²) in [6.45, 7) is 0. The Kier molecular flexibility index (Phi) is 5.09. The highest BCUT2D eigenvalue weighted by molar-refractivity contribution is 7.80. The number of ether oxygens (including phenoxy) is 1. The Hall–Kier alpha value is -2.29. The maximum absolute atomic E-state index is 9.22. The SMILES string of the molecule is COS(=O)(=O)[O-].COc1cccc2c1nc1ccccc1[n+]2C. The summed E-state index contributed by atoms with van der Waals surface area (Å²) < 4.78 is 38.5. The molecule has 0 unspecified atom stereocenters. The molecule has 0 saturated heterocycles. The number of aromatic nitrogens is 2. The molecule has 3 aromatic rings. The van der Waals surface area contributed by atoms with Gasteiger partial charge in [0.25, 0.3) is 0 Å². The van der Waals surface area contributed by atoms with Gasteiger partial charge < -0.3 is 9.29 Å². The number of fused-ring (bicyclic) bond motifs is 2. The van der Waals surface area contributed by atoms with Gasteiger partial charge in [0.05, 0.1) is 14.2 Å². The zero-order chi connectivity index (χ0) is 17.0. The van der Waals surface area contributed by atoms with Crippen LogP contribution in [-0.4, -0.2) is 32.2 Å². The summed E-state index contributed by atoms with van der Waals surface area (Å²) in [5.74, 6) is 0.809. The molecule has 2 aromatic carbocycles. The van der Waals surface area contributed by atoms with Gasteiger partial charge >= 0.3 is 0 Å². The van der Waals surface area contributed by atoms with Crippen LogP contribution in [0.5, 0.6) is 5.75 Å². The van der Waals surface area contributed by atoms with E-state index in [0.717, 1.165) is 34.9 Å². The van der Waals surface area contributed by atoms with Crippen molar-refractivity contribution in [3.8, 4) is 5.75 Å². The standard InChI is InChI=1S/C14H13N2O.CH4O4S/c1-16-11-7-4-3-6-10(11)15-14-12(16)8-5-9-13(14)17-2;1-5-6(2,3)4/h3-9H,1-2H3;1H3,(H,2,3,4)/q+1;/p-1. The lowest BCUT2D eigenvalue weighted by atomic mass is 10.2. The van der Waals surface area contributed by atoms with Crippen LogP contribution >= 0.6 is 0 Å². The van der Waals surface area contributed by atoms with Crippen molar-refractivity contribution in [2.24, 2.45) is 7.05 Å². The van der Waals surface area contributed by atoms with Gasteiger partial charge in [0.1, 0.15) is 12.6 Å². The molecule has 0 atom stereocenters.